The van der Waals surface area contributed by atoms with Gasteiger partial charge in [-0.1, -0.05) is 41.4 Å². The number of fused-ring (bicyclic) bond motifs is 1. The number of hydrogen-bond acceptors (Lipinski definition) is 2. The lowest BCUT2D eigenvalue weighted by Gasteiger charge is -2.13. The summed E-state index contributed by atoms with van der Waals surface area (Å²) in [4.78, 5) is 11.8. The van der Waals surface area contributed by atoms with Crippen LogP contribution in [0.4, 0.5) is 0 Å². The van der Waals surface area contributed by atoms with Gasteiger partial charge < -0.3 is 9.73 Å². The van der Waals surface area contributed by atoms with Crippen LogP contribution in [-0.2, 0) is 6.54 Å². The Kier molecular flexibility index (Phi) is 4.95. The smallest absolute Gasteiger partial charge is 0.336 e. The van der Waals surface area contributed by atoms with Crippen molar-refractivity contribution >= 4 is 34.2 Å². The molecule has 2 N–H and O–H groups in total. The van der Waals surface area contributed by atoms with Crippen LogP contribution in [0.2, 0.25) is 10.0 Å². The van der Waals surface area contributed by atoms with E-state index in [0.717, 1.165) is 27.1 Å². The molecule has 0 radical (unpaired) electrons. The predicted octanol–water partition coefficient (Wildman–Crippen LogP) is 4.23. The summed E-state index contributed by atoms with van der Waals surface area (Å²) in [5.41, 5.74) is 3.08. The molecule has 5 heteroatoms. The van der Waals surface area contributed by atoms with Gasteiger partial charge in [0.1, 0.15) is 18.2 Å². The zero-order chi connectivity index (χ0) is 17.3. The zero-order valence-corrected chi connectivity index (χ0v) is 15.0. The van der Waals surface area contributed by atoms with Crippen LogP contribution in [0, 0.1) is 6.92 Å². The van der Waals surface area contributed by atoms with Crippen molar-refractivity contribution in [1.29, 1.82) is 0 Å². The van der Waals surface area contributed by atoms with Crippen molar-refractivity contribution < 1.29 is 9.73 Å². The van der Waals surface area contributed by atoms with Crippen LogP contribution in [-0.4, -0.2) is 0 Å². The highest BCUT2D eigenvalue weighted by Crippen LogP contribution is 2.25. The monoisotopic (exact) mass is 362 g/mol. The van der Waals surface area contributed by atoms with Gasteiger partial charge in [0.2, 0.25) is 0 Å². The normalized spacial score (nSPS) is 12.5. The minimum Gasteiger partial charge on any atom is -0.423 e. The lowest BCUT2D eigenvalue weighted by molar-refractivity contribution is -0.707. The number of aryl methyl sites for hydroxylation is 1. The first-order valence-electron chi connectivity index (χ1n) is 7.76. The SMILES string of the molecule is Cc1cc2oc(=O)cc(C[NH2+][C@@H](C)c3ccccc3Cl)c2cc1Cl. The van der Waals surface area contributed by atoms with E-state index in [1.165, 1.54) is 6.07 Å². The molecule has 0 unspecified atom stereocenters. The highest BCUT2D eigenvalue weighted by molar-refractivity contribution is 6.32. The van der Waals surface area contributed by atoms with Crippen LogP contribution < -0.4 is 10.9 Å². The summed E-state index contributed by atoms with van der Waals surface area (Å²) in [6.07, 6.45) is 0. The van der Waals surface area contributed by atoms with E-state index in [9.17, 15) is 4.79 Å². The summed E-state index contributed by atoms with van der Waals surface area (Å²) in [5.74, 6) is 0. The van der Waals surface area contributed by atoms with E-state index >= 15 is 0 Å². The Morgan fingerprint density at radius 3 is 2.62 bits per heavy atom. The van der Waals surface area contributed by atoms with Gasteiger partial charge in [0.05, 0.1) is 0 Å². The molecule has 0 aliphatic rings. The fraction of sp³-hybridized carbons (Fsp3) is 0.211. The molecule has 0 aliphatic carbocycles. The van der Waals surface area contributed by atoms with Gasteiger partial charge in [-0.2, -0.15) is 0 Å². The first-order chi connectivity index (χ1) is 11.5. The average molecular weight is 363 g/mol. The van der Waals surface area contributed by atoms with Crippen LogP contribution in [0.15, 0.2) is 51.7 Å². The minimum atomic E-state index is -0.349. The topological polar surface area (TPSA) is 46.8 Å². The standard InChI is InChI=1S/C19H17Cl2NO2/c1-11-7-18-15(9-17(11)21)13(8-19(23)24-18)10-22-12(2)14-5-3-4-6-16(14)20/h3-9,12,22H,10H2,1-2H3/p+1/t12-/m0/s1. The average Bonchev–Trinajstić information content (AvgIpc) is 2.54. The first-order valence-corrected chi connectivity index (χ1v) is 8.52. The largest absolute Gasteiger partial charge is 0.423 e. The summed E-state index contributed by atoms with van der Waals surface area (Å²) in [5, 5.41) is 4.42. The maximum Gasteiger partial charge on any atom is 0.336 e. The Bertz CT molecular complexity index is 950. The fourth-order valence-corrected chi connectivity index (χ4v) is 3.26. The van der Waals surface area contributed by atoms with E-state index in [1.807, 2.05) is 37.3 Å². The van der Waals surface area contributed by atoms with E-state index in [0.29, 0.717) is 17.2 Å². The molecule has 0 amide bonds. The van der Waals surface area contributed by atoms with Crippen molar-refractivity contribution in [3.8, 4) is 0 Å². The third-order valence-corrected chi connectivity index (χ3v) is 4.95. The number of quaternary nitrogens is 1. The summed E-state index contributed by atoms with van der Waals surface area (Å²) in [6, 6.07) is 13.2. The van der Waals surface area contributed by atoms with E-state index in [2.05, 4.69) is 12.2 Å². The van der Waals surface area contributed by atoms with Crippen LogP contribution in [0.25, 0.3) is 11.0 Å². The molecule has 3 rings (SSSR count). The molecule has 0 spiro atoms. The molecule has 1 heterocycles. The Morgan fingerprint density at radius 1 is 1.12 bits per heavy atom. The fourth-order valence-electron chi connectivity index (χ4n) is 2.79. The van der Waals surface area contributed by atoms with E-state index in [4.69, 9.17) is 27.6 Å². The molecule has 0 aliphatic heterocycles. The minimum absolute atomic E-state index is 0.168. The molecule has 24 heavy (non-hydrogen) atoms. The second-order valence-electron chi connectivity index (χ2n) is 5.94. The van der Waals surface area contributed by atoms with Gasteiger partial charge in [-0.15, -0.1) is 0 Å². The molecule has 3 aromatic rings. The van der Waals surface area contributed by atoms with Crippen molar-refractivity contribution in [3.63, 3.8) is 0 Å². The first kappa shape index (κ1) is 17.0. The Balaban J connectivity index is 1.91. The van der Waals surface area contributed by atoms with Gasteiger partial charge in [0.25, 0.3) is 0 Å². The third-order valence-electron chi connectivity index (χ3n) is 4.20. The molecular weight excluding hydrogens is 345 g/mol. The van der Waals surface area contributed by atoms with Gasteiger partial charge in [0, 0.05) is 32.6 Å². The van der Waals surface area contributed by atoms with Gasteiger partial charge in [-0.3, -0.25) is 0 Å². The Labute approximate surface area is 150 Å². The van der Waals surface area contributed by atoms with E-state index in [-0.39, 0.29) is 11.7 Å². The molecule has 2 aromatic carbocycles. The summed E-state index contributed by atoms with van der Waals surface area (Å²) >= 11 is 12.5. The number of benzene rings is 2. The molecule has 0 saturated carbocycles. The van der Waals surface area contributed by atoms with E-state index < -0.39 is 0 Å². The van der Waals surface area contributed by atoms with Gasteiger partial charge >= 0.3 is 5.63 Å². The van der Waals surface area contributed by atoms with Gasteiger partial charge in [-0.05, 0) is 37.6 Å². The number of hydrogen-bond donors (Lipinski definition) is 1. The van der Waals surface area contributed by atoms with E-state index in [1.54, 1.807) is 6.07 Å². The second kappa shape index (κ2) is 6.98. The molecule has 0 fully saturated rings. The second-order valence-corrected chi connectivity index (χ2v) is 6.75. The quantitative estimate of drug-likeness (QED) is 0.705. The highest BCUT2D eigenvalue weighted by atomic mass is 35.5. The van der Waals surface area contributed by atoms with Gasteiger partial charge in [0.15, 0.2) is 0 Å². The van der Waals surface area contributed by atoms with Gasteiger partial charge in [-0.25, -0.2) is 4.79 Å². The molecule has 0 saturated heterocycles. The van der Waals surface area contributed by atoms with Crippen LogP contribution >= 0.6 is 23.2 Å². The van der Waals surface area contributed by atoms with Crippen molar-refractivity contribution in [2.45, 2.75) is 26.4 Å². The van der Waals surface area contributed by atoms with Crippen molar-refractivity contribution in [1.82, 2.24) is 0 Å². The molecule has 1 aromatic heterocycles. The number of nitrogens with two attached hydrogens (primary N) is 1. The third kappa shape index (κ3) is 3.48. The Morgan fingerprint density at radius 2 is 1.88 bits per heavy atom. The predicted molar refractivity (Wildman–Crippen MR) is 97.7 cm³/mol. The maximum atomic E-state index is 11.8. The summed E-state index contributed by atoms with van der Waals surface area (Å²) in [6.45, 7) is 4.61. The molecule has 0 bridgehead atoms. The van der Waals surface area contributed by atoms with Crippen LogP contribution in [0.3, 0.4) is 0 Å². The highest BCUT2D eigenvalue weighted by Gasteiger charge is 2.14. The van der Waals surface area contributed by atoms with Crippen molar-refractivity contribution in [2.24, 2.45) is 0 Å². The van der Waals surface area contributed by atoms with Crippen LogP contribution in [0.5, 0.6) is 0 Å². The molecule has 3 nitrogen and oxygen atoms in total. The lowest BCUT2D eigenvalue weighted by atomic mass is 10.1. The summed E-state index contributed by atoms with van der Waals surface area (Å²) in [7, 11) is 0. The number of rotatable bonds is 4. The molecule has 124 valence electrons. The van der Waals surface area contributed by atoms with Crippen molar-refractivity contribution in [3.05, 3.63) is 79.6 Å². The lowest BCUT2D eigenvalue weighted by Crippen LogP contribution is -2.83. The number of halogens is 2. The zero-order valence-electron chi connectivity index (χ0n) is 13.5. The Hall–Kier alpha value is -1.81. The van der Waals surface area contributed by atoms with Crippen LogP contribution in [0.1, 0.15) is 29.7 Å². The molecule has 1 atom stereocenters. The maximum absolute atomic E-state index is 11.8. The van der Waals surface area contributed by atoms with Crippen molar-refractivity contribution in [2.75, 3.05) is 0 Å². The summed E-state index contributed by atoms with van der Waals surface area (Å²) < 4.78 is 5.30. The molecular formula is C19H18Cl2NO2+.